The molecule has 0 amide bonds. The third-order valence-corrected chi connectivity index (χ3v) is 5.05. The number of carbonyl (C=O) groups is 1. The summed E-state index contributed by atoms with van der Waals surface area (Å²) < 4.78 is 16.6. The number of nitrogens with zero attached hydrogens (tertiary/aromatic N) is 1. The summed E-state index contributed by atoms with van der Waals surface area (Å²) in [6.45, 7) is 5.33. The lowest BCUT2D eigenvalue weighted by molar-refractivity contribution is 0.0734. The van der Waals surface area contributed by atoms with E-state index in [1.807, 2.05) is 31.2 Å². The predicted molar refractivity (Wildman–Crippen MR) is 134 cm³/mol. The largest absolute Gasteiger partial charge is 0.507 e. The molecule has 3 rings (SSSR count). The van der Waals surface area contributed by atoms with Crippen molar-refractivity contribution in [2.45, 2.75) is 39.5 Å². The molecule has 0 atom stereocenters. The molecule has 0 spiro atoms. The second-order valence-electron chi connectivity index (χ2n) is 7.73. The molecule has 178 valence electrons. The topological polar surface area (TPSA) is 77.4 Å². The van der Waals surface area contributed by atoms with E-state index in [4.69, 9.17) is 14.2 Å². The van der Waals surface area contributed by atoms with E-state index in [2.05, 4.69) is 11.9 Å². The van der Waals surface area contributed by atoms with E-state index in [1.165, 1.54) is 18.9 Å². The van der Waals surface area contributed by atoms with E-state index in [1.54, 1.807) is 42.6 Å². The zero-order valence-corrected chi connectivity index (χ0v) is 19.7. The molecule has 0 aliphatic heterocycles. The number of rotatable bonds is 12. The van der Waals surface area contributed by atoms with E-state index in [9.17, 15) is 9.90 Å². The third kappa shape index (κ3) is 7.66. The lowest BCUT2D eigenvalue weighted by Crippen LogP contribution is -2.08. The third-order valence-electron chi connectivity index (χ3n) is 5.05. The number of aromatic hydroxyl groups is 1. The van der Waals surface area contributed by atoms with Gasteiger partial charge in [-0.05, 0) is 61.9 Å². The van der Waals surface area contributed by atoms with Crippen molar-refractivity contribution in [3.63, 3.8) is 0 Å². The fraction of sp³-hybridized carbons (Fsp3) is 0.286. The van der Waals surface area contributed by atoms with Gasteiger partial charge in [-0.1, -0.05) is 32.3 Å². The van der Waals surface area contributed by atoms with Crippen molar-refractivity contribution in [2.75, 3.05) is 13.2 Å². The molecule has 0 radical (unpaired) electrons. The number of carbonyl (C=O) groups excluding carboxylic acids is 1. The van der Waals surface area contributed by atoms with Gasteiger partial charge in [-0.25, -0.2) is 4.79 Å². The van der Waals surface area contributed by atoms with Crippen LogP contribution in [0, 0.1) is 0 Å². The van der Waals surface area contributed by atoms with Crippen molar-refractivity contribution in [2.24, 2.45) is 4.99 Å². The number of unbranched alkanes of at least 4 members (excludes halogenated alkanes) is 3. The van der Waals surface area contributed by atoms with Crippen LogP contribution in [0.3, 0.4) is 0 Å². The second kappa shape index (κ2) is 13.0. The highest BCUT2D eigenvalue weighted by atomic mass is 16.5. The van der Waals surface area contributed by atoms with Gasteiger partial charge in [-0.3, -0.25) is 4.99 Å². The van der Waals surface area contributed by atoms with Crippen LogP contribution in [-0.4, -0.2) is 30.5 Å². The van der Waals surface area contributed by atoms with Crippen molar-refractivity contribution in [3.05, 3.63) is 77.9 Å². The van der Waals surface area contributed by atoms with Crippen molar-refractivity contribution in [1.29, 1.82) is 0 Å². The molecule has 0 bridgehead atoms. The van der Waals surface area contributed by atoms with Crippen LogP contribution in [-0.2, 0) is 0 Å². The summed E-state index contributed by atoms with van der Waals surface area (Å²) in [6, 6.07) is 18.9. The molecule has 0 saturated carbocycles. The average Bonchev–Trinajstić information content (AvgIpc) is 2.84. The van der Waals surface area contributed by atoms with Crippen molar-refractivity contribution in [3.8, 4) is 23.0 Å². The van der Waals surface area contributed by atoms with Crippen molar-refractivity contribution < 1.29 is 24.1 Å². The smallest absolute Gasteiger partial charge is 0.343 e. The Balaban J connectivity index is 1.56. The van der Waals surface area contributed by atoms with Crippen LogP contribution in [0.1, 0.15) is 55.5 Å². The summed E-state index contributed by atoms with van der Waals surface area (Å²) >= 11 is 0. The summed E-state index contributed by atoms with van der Waals surface area (Å²) in [5.41, 5.74) is 1.61. The summed E-state index contributed by atoms with van der Waals surface area (Å²) in [4.78, 5) is 16.8. The Bertz CT molecular complexity index is 1090. The molecule has 0 unspecified atom stereocenters. The van der Waals surface area contributed by atoms with Gasteiger partial charge < -0.3 is 19.3 Å². The Morgan fingerprint density at radius 2 is 1.68 bits per heavy atom. The van der Waals surface area contributed by atoms with Crippen LogP contribution in [0.15, 0.2) is 71.7 Å². The monoisotopic (exact) mass is 461 g/mol. The average molecular weight is 462 g/mol. The zero-order valence-electron chi connectivity index (χ0n) is 19.7. The molecule has 0 aliphatic carbocycles. The first-order valence-corrected chi connectivity index (χ1v) is 11.6. The number of phenolic OH excluding ortho intramolecular Hbond substituents is 1. The van der Waals surface area contributed by atoms with Crippen molar-refractivity contribution >= 4 is 17.9 Å². The van der Waals surface area contributed by atoms with E-state index in [0.717, 1.165) is 24.3 Å². The molecule has 0 fully saturated rings. The van der Waals surface area contributed by atoms with Crippen LogP contribution in [0.2, 0.25) is 0 Å². The zero-order chi connectivity index (χ0) is 24.2. The van der Waals surface area contributed by atoms with Crippen LogP contribution in [0.5, 0.6) is 23.0 Å². The molecule has 1 N–H and O–H groups in total. The molecule has 0 aromatic heterocycles. The number of hydrogen-bond donors (Lipinski definition) is 1. The number of hydrogen-bond acceptors (Lipinski definition) is 6. The maximum Gasteiger partial charge on any atom is 0.343 e. The van der Waals surface area contributed by atoms with Crippen LogP contribution >= 0.6 is 0 Å². The van der Waals surface area contributed by atoms with E-state index in [0.29, 0.717) is 30.0 Å². The maximum absolute atomic E-state index is 12.5. The minimum absolute atomic E-state index is 0.0400. The van der Waals surface area contributed by atoms with Crippen LogP contribution in [0.4, 0.5) is 5.69 Å². The molecule has 6 nitrogen and oxygen atoms in total. The molecular formula is C28H31NO5. The molecular weight excluding hydrogens is 430 g/mol. The first-order chi connectivity index (χ1) is 16.6. The highest BCUT2D eigenvalue weighted by Gasteiger charge is 2.10. The van der Waals surface area contributed by atoms with Crippen LogP contribution < -0.4 is 14.2 Å². The van der Waals surface area contributed by atoms with E-state index < -0.39 is 5.97 Å². The molecule has 3 aromatic carbocycles. The van der Waals surface area contributed by atoms with Gasteiger partial charge in [0.15, 0.2) is 0 Å². The first-order valence-electron chi connectivity index (χ1n) is 11.6. The van der Waals surface area contributed by atoms with Gasteiger partial charge >= 0.3 is 5.97 Å². The number of ether oxygens (including phenoxy) is 3. The van der Waals surface area contributed by atoms with Gasteiger partial charge in [0.1, 0.15) is 23.0 Å². The maximum atomic E-state index is 12.5. The summed E-state index contributed by atoms with van der Waals surface area (Å²) in [6.07, 6.45) is 6.11. The quantitative estimate of drug-likeness (QED) is 0.140. The Hall–Kier alpha value is -3.80. The minimum atomic E-state index is -0.511. The summed E-state index contributed by atoms with van der Waals surface area (Å²) in [7, 11) is 0. The molecule has 34 heavy (non-hydrogen) atoms. The highest BCUT2D eigenvalue weighted by Crippen LogP contribution is 2.25. The SMILES string of the molecule is CCCCCCOc1ccc(C(=O)Oc2ccc(C=Nc3cccc(OCC)c3)c(O)c2)cc1. The Morgan fingerprint density at radius 3 is 2.41 bits per heavy atom. The molecule has 0 saturated heterocycles. The van der Waals surface area contributed by atoms with Gasteiger partial charge in [-0.2, -0.15) is 0 Å². The molecule has 0 heterocycles. The van der Waals surface area contributed by atoms with Gasteiger partial charge in [0, 0.05) is 23.9 Å². The summed E-state index contributed by atoms with van der Waals surface area (Å²) in [5.74, 6) is 1.15. The standard InChI is InChI=1S/C28H31NO5/c1-3-5-6-7-17-33-24-14-11-21(12-15-24)28(31)34-26-16-13-22(27(30)19-26)20-29-23-9-8-10-25(18-23)32-4-2/h8-16,18-20,30H,3-7,17H2,1-2H3. The number of esters is 1. The van der Waals surface area contributed by atoms with Gasteiger partial charge in [0.2, 0.25) is 0 Å². The first kappa shape index (κ1) is 24.8. The van der Waals surface area contributed by atoms with E-state index in [-0.39, 0.29) is 11.5 Å². The Labute approximate surface area is 200 Å². The summed E-state index contributed by atoms with van der Waals surface area (Å²) in [5, 5.41) is 10.3. The molecule has 6 heteroatoms. The van der Waals surface area contributed by atoms with Gasteiger partial charge in [-0.15, -0.1) is 0 Å². The fourth-order valence-corrected chi connectivity index (χ4v) is 3.23. The van der Waals surface area contributed by atoms with Gasteiger partial charge in [0.25, 0.3) is 0 Å². The molecule has 0 aliphatic rings. The van der Waals surface area contributed by atoms with Gasteiger partial charge in [0.05, 0.1) is 24.5 Å². The highest BCUT2D eigenvalue weighted by molar-refractivity contribution is 5.91. The number of aliphatic imine (C=N–C) groups is 1. The fourth-order valence-electron chi connectivity index (χ4n) is 3.23. The molecule has 3 aromatic rings. The lowest BCUT2D eigenvalue weighted by Gasteiger charge is -2.08. The van der Waals surface area contributed by atoms with E-state index >= 15 is 0 Å². The second-order valence-corrected chi connectivity index (χ2v) is 7.73. The number of benzene rings is 3. The minimum Gasteiger partial charge on any atom is -0.507 e. The Kier molecular flexibility index (Phi) is 9.52. The predicted octanol–water partition coefficient (Wildman–Crippen LogP) is 6.72. The Morgan fingerprint density at radius 1 is 0.882 bits per heavy atom. The van der Waals surface area contributed by atoms with Crippen molar-refractivity contribution in [1.82, 2.24) is 0 Å². The lowest BCUT2D eigenvalue weighted by atomic mass is 10.2. The number of phenols is 1. The normalized spacial score (nSPS) is 10.9. The van der Waals surface area contributed by atoms with Crippen LogP contribution in [0.25, 0.3) is 0 Å².